The van der Waals surface area contributed by atoms with Gasteiger partial charge >= 0.3 is 0 Å². The fraction of sp³-hybridized carbons (Fsp3) is 1.00. The van der Waals surface area contributed by atoms with E-state index in [2.05, 4.69) is 25.7 Å². The second kappa shape index (κ2) is 3.19. The lowest BCUT2D eigenvalue weighted by molar-refractivity contribution is -0.110. The van der Waals surface area contributed by atoms with Crippen LogP contribution in [0.15, 0.2) is 0 Å². The summed E-state index contributed by atoms with van der Waals surface area (Å²) in [5, 5.41) is 0. The van der Waals surface area contributed by atoms with Crippen molar-refractivity contribution in [2.45, 2.75) is 64.6 Å². The van der Waals surface area contributed by atoms with E-state index in [1.54, 1.807) is 6.92 Å². The molecule has 2 rings (SSSR count). The molecule has 1 nitrogen and oxygen atoms in total. The van der Waals surface area contributed by atoms with Crippen LogP contribution in [0, 0.1) is 5.41 Å². The molecule has 0 bridgehead atoms. The maximum Gasteiger partial charge on any atom is 0.108 e. The zero-order valence-electron chi connectivity index (χ0n) is 10.6. The first-order chi connectivity index (χ1) is 6.73. The Bertz CT molecular complexity index is 246. The van der Waals surface area contributed by atoms with E-state index >= 15 is 0 Å². The first-order valence-corrected chi connectivity index (χ1v) is 6.17. The zero-order chi connectivity index (χ0) is 11.3. The molecule has 2 fully saturated rings. The van der Waals surface area contributed by atoms with Gasteiger partial charge in [-0.05, 0) is 58.8 Å². The fourth-order valence-corrected chi connectivity index (χ4v) is 3.30. The van der Waals surface area contributed by atoms with Crippen molar-refractivity contribution in [3.63, 3.8) is 0 Å². The fourth-order valence-electron chi connectivity index (χ4n) is 3.30. The summed E-state index contributed by atoms with van der Waals surface area (Å²) in [4.78, 5) is 2.48. The Kier molecular flexibility index (Phi) is 2.42. The van der Waals surface area contributed by atoms with Gasteiger partial charge in [0.2, 0.25) is 0 Å². The number of halogens is 1. The van der Waals surface area contributed by atoms with Crippen LogP contribution in [-0.2, 0) is 0 Å². The van der Waals surface area contributed by atoms with Gasteiger partial charge in [-0.25, -0.2) is 4.39 Å². The molecule has 2 heteroatoms. The summed E-state index contributed by atoms with van der Waals surface area (Å²) < 4.78 is 14.0. The third kappa shape index (κ3) is 2.20. The highest BCUT2D eigenvalue weighted by molar-refractivity contribution is 5.04. The van der Waals surface area contributed by atoms with Crippen molar-refractivity contribution < 1.29 is 4.39 Å². The van der Waals surface area contributed by atoms with Crippen LogP contribution in [0.3, 0.4) is 0 Å². The quantitative estimate of drug-likeness (QED) is 0.596. The lowest BCUT2D eigenvalue weighted by Crippen LogP contribution is -2.64. The van der Waals surface area contributed by atoms with E-state index in [1.807, 2.05) is 0 Å². The van der Waals surface area contributed by atoms with Crippen molar-refractivity contribution in [2.75, 3.05) is 13.1 Å². The summed E-state index contributed by atoms with van der Waals surface area (Å²) in [6, 6.07) is 0. The highest BCUT2D eigenvalue weighted by Gasteiger charge is 2.51. The van der Waals surface area contributed by atoms with Crippen molar-refractivity contribution >= 4 is 0 Å². The largest absolute Gasteiger partial charge is 0.297 e. The summed E-state index contributed by atoms with van der Waals surface area (Å²) in [7, 11) is 0. The lowest BCUT2D eigenvalue weighted by atomic mass is 9.63. The minimum atomic E-state index is -0.901. The maximum atomic E-state index is 14.0. The molecule has 0 amide bonds. The van der Waals surface area contributed by atoms with Crippen LogP contribution in [0.5, 0.6) is 0 Å². The zero-order valence-corrected chi connectivity index (χ0v) is 10.6. The van der Waals surface area contributed by atoms with Gasteiger partial charge in [0.25, 0.3) is 0 Å². The van der Waals surface area contributed by atoms with Crippen LogP contribution in [0.25, 0.3) is 0 Å². The molecular weight excluding hydrogens is 189 g/mol. The van der Waals surface area contributed by atoms with Gasteiger partial charge in [-0.1, -0.05) is 0 Å². The molecule has 0 N–H and O–H groups in total. The van der Waals surface area contributed by atoms with Gasteiger partial charge in [0.1, 0.15) is 5.67 Å². The van der Waals surface area contributed by atoms with E-state index in [1.165, 1.54) is 6.42 Å². The Morgan fingerprint density at radius 3 is 2.20 bits per heavy atom. The van der Waals surface area contributed by atoms with E-state index in [0.717, 1.165) is 32.4 Å². The normalized spacial score (nSPS) is 36.6. The van der Waals surface area contributed by atoms with Crippen molar-refractivity contribution in [3.8, 4) is 0 Å². The van der Waals surface area contributed by atoms with Crippen LogP contribution in [-0.4, -0.2) is 29.2 Å². The van der Waals surface area contributed by atoms with Gasteiger partial charge in [-0.3, -0.25) is 4.90 Å². The molecule has 88 valence electrons. The molecule has 1 saturated carbocycles. The molecule has 1 spiro atoms. The van der Waals surface area contributed by atoms with Gasteiger partial charge in [0, 0.05) is 18.6 Å². The first-order valence-electron chi connectivity index (χ1n) is 6.17. The first kappa shape index (κ1) is 11.4. The van der Waals surface area contributed by atoms with Gasteiger partial charge < -0.3 is 0 Å². The number of hydrogen-bond acceptors (Lipinski definition) is 1. The van der Waals surface area contributed by atoms with Crippen LogP contribution in [0.1, 0.15) is 53.4 Å². The van der Waals surface area contributed by atoms with E-state index in [0.29, 0.717) is 5.41 Å². The highest BCUT2D eigenvalue weighted by Crippen LogP contribution is 2.50. The highest BCUT2D eigenvalue weighted by atomic mass is 19.1. The number of likely N-dealkylation sites (tertiary alicyclic amines) is 1. The molecule has 0 aromatic rings. The predicted octanol–water partition coefficient (Wildman–Crippen LogP) is 3.39. The Labute approximate surface area is 93.0 Å². The Hall–Kier alpha value is -0.110. The smallest absolute Gasteiger partial charge is 0.108 e. The topological polar surface area (TPSA) is 3.24 Å². The summed E-state index contributed by atoms with van der Waals surface area (Å²) >= 11 is 0. The Morgan fingerprint density at radius 1 is 1.13 bits per heavy atom. The molecule has 1 heterocycles. The van der Waals surface area contributed by atoms with Crippen LogP contribution >= 0.6 is 0 Å². The third-order valence-electron chi connectivity index (χ3n) is 4.15. The number of nitrogens with zero attached hydrogens (tertiary/aromatic N) is 1. The molecule has 0 aromatic carbocycles. The number of hydrogen-bond donors (Lipinski definition) is 0. The number of alkyl halides is 1. The molecule has 1 aliphatic heterocycles. The second-order valence-corrected chi connectivity index (χ2v) is 6.97. The monoisotopic (exact) mass is 213 g/mol. The molecule has 1 saturated heterocycles. The van der Waals surface area contributed by atoms with Gasteiger partial charge in [-0.2, -0.15) is 0 Å². The van der Waals surface area contributed by atoms with Crippen molar-refractivity contribution in [1.82, 2.24) is 4.90 Å². The van der Waals surface area contributed by atoms with Gasteiger partial charge in [0.15, 0.2) is 0 Å². The molecule has 0 radical (unpaired) electrons. The Morgan fingerprint density at radius 2 is 1.73 bits per heavy atom. The minimum absolute atomic E-state index is 0.259. The van der Waals surface area contributed by atoms with Crippen LogP contribution in [0.4, 0.5) is 4.39 Å². The summed E-state index contributed by atoms with van der Waals surface area (Å²) in [5.41, 5.74) is -0.327. The molecule has 1 unspecified atom stereocenters. The summed E-state index contributed by atoms with van der Waals surface area (Å²) in [6.45, 7) is 10.7. The molecule has 1 atom stereocenters. The van der Waals surface area contributed by atoms with Crippen molar-refractivity contribution in [1.29, 1.82) is 0 Å². The molecule has 1 aliphatic carbocycles. The molecule has 2 aliphatic rings. The average molecular weight is 213 g/mol. The standard InChI is InChI=1S/C13H24FN/c1-11(2,3)15-9-13(10-15)7-5-6-12(4,14)8-13/h5-10H2,1-4H3. The van der Waals surface area contributed by atoms with E-state index < -0.39 is 5.67 Å². The van der Waals surface area contributed by atoms with Crippen LogP contribution in [0.2, 0.25) is 0 Å². The third-order valence-corrected chi connectivity index (χ3v) is 4.15. The van der Waals surface area contributed by atoms with Gasteiger partial charge in [0.05, 0.1) is 0 Å². The van der Waals surface area contributed by atoms with Crippen LogP contribution < -0.4 is 0 Å². The lowest BCUT2D eigenvalue weighted by Gasteiger charge is -2.59. The number of rotatable bonds is 0. The second-order valence-electron chi connectivity index (χ2n) is 6.97. The molecule has 15 heavy (non-hydrogen) atoms. The minimum Gasteiger partial charge on any atom is -0.297 e. The van der Waals surface area contributed by atoms with Crippen molar-refractivity contribution in [2.24, 2.45) is 5.41 Å². The van der Waals surface area contributed by atoms with Crippen molar-refractivity contribution in [3.05, 3.63) is 0 Å². The van der Waals surface area contributed by atoms with E-state index in [4.69, 9.17) is 0 Å². The maximum absolute atomic E-state index is 14.0. The van der Waals surface area contributed by atoms with E-state index in [-0.39, 0.29) is 5.54 Å². The predicted molar refractivity (Wildman–Crippen MR) is 61.7 cm³/mol. The SMILES string of the molecule is CC1(F)CCCC2(CN(C(C)(C)C)C2)C1. The molecule has 0 aromatic heterocycles. The molecular formula is C13H24FN. The van der Waals surface area contributed by atoms with E-state index in [9.17, 15) is 4.39 Å². The summed E-state index contributed by atoms with van der Waals surface area (Å²) in [5.74, 6) is 0. The summed E-state index contributed by atoms with van der Waals surface area (Å²) in [6.07, 6.45) is 3.86. The van der Waals surface area contributed by atoms with Gasteiger partial charge in [-0.15, -0.1) is 0 Å². The Balaban J connectivity index is 1.96. The average Bonchev–Trinajstić information content (AvgIpc) is 1.95.